The SMILES string of the molecule is CN(CCC(=O)Nc1ccc(Br)cc1F)Cc1ccc(F)cc1F. The van der Waals surface area contributed by atoms with E-state index in [4.69, 9.17) is 0 Å². The van der Waals surface area contributed by atoms with E-state index in [-0.39, 0.29) is 24.6 Å². The van der Waals surface area contributed by atoms with Gasteiger partial charge in [-0.25, -0.2) is 13.2 Å². The van der Waals surface area contributed by atoms with Crippen molar-refractivity contribution in [1.82, 2.24) is 4.90 Å². The first-order chi connectivity index (χ1) is 11.3. The molecule has 0 bridgehead atoms. The molecule has 2 aromatic rings. The molecule has 3 nitrogen and oxygen atoms in total. The number of halogens is 4. The molecular formula is C17H16BrF3N2O. The lowest BCUT2D eigenvalue weighted by Crippen LogP contribution is -2.24. The van der Waals surface area contributed by atoms with Gasteiger partial charge in [-0.15, -0.1) is 0 Å². The van der Waals surface area contributed by atoms with Crippen molar-refractivity contribution in [2.24, 2.45) is 0 Å². The highest BCUT2D eigenvalue weighted by Crippen LogP contribution is 2.19. The molecule has 0 radical (unpaired) electrons. The van der Waals surface area contributed by atoms with Gasteiger partial charge in [0.15, 0.2) is 0 Å². The van der Waals surface area contributed by atoms with Crippen LogP contribution < -0.4 is 5.32 Å². The standard InChI is InChI=1S/C17H16BrF3N2O/c1-23(10-11-2-4-13(19)9-14(11)20)7-6-17(24)22-16-5-3-12(18)8-15(16)21/h2-5,8-9H,6-7,10H2,1H3,(H,22,24). The van der Waals surface area contributed by atoms with Gasteiger partial charge in [-0.05, 0) is 31.3 Å². The molecule has 0 fully saturated rings. The molecule has 128 valence electrons. The molecular weight excluding hydrogens is 385 g/mol. The molecule has 0 unspecified atom stereocenters. The summed E-state index contributed by atoms with van der Waals surface area (Å²) in [6.07, 6.45) is 0.120. The van der Waals surface area contributed by atoms with E-state index >= 15 is 0 Å². The average molecular weight is 401 g/mol. The maximum Gasteiger partial charge on any atom is 0.225 e. The zero-order chi connectivity index (χ0) is 17.7. The first-order valence-electron chi connectivity index (χ1n) is 7.22. The highest BCUT2D eigenvalue weighted by molar-refractivity contribution is 9.10. The fourth-order valence-corrected chi connectivity index (χ4v) is 2.45. The molecule has 0 aromatic heterocycles. The predicted octanol–water partition coefficient (Wildman–Crippen LogP) is 4.33. The maximum absolute atomic E-state index is 13.6. The van der Waals surface area contributed by atoms with Crippen LogP contribution in [0.5, 0.6) is 0 Å². The van der Waals surface area contributed by atoms with Gasteiger partial charge in [0.05, 0.1) is 5.69 Å². The Balaban J connectivity index is 1.84. The van der Waals surface area contributed by atoms with Crippen LogP contribution in [-0.4, -0.2) is 24.4 Å². The van der Waals surface area contributed by atoms with Gasteiger partial charge in [0.25, 0.3) is 0 Å². The summed E-state index contributed by atoms with van der Waals surface area (Å²) in [4.78, 5) is 13.6. The summed E-state index contributed by atoms with van der Waals surface area (Å²) in [5.41, 5.74) is 0.452. The van der Waals surface area contributed by atoms with Gasteiger partial charge in [-0.3, -0.25) is 4.79 Å². The summed E-state index contributed by atoms with van der Waals surface area (Å²) in [7, 11) is 1.72. The van der Waals surface area contributed by atoms with E-state index in [1.807, 2.05) is 0 Å². The fraction of sp³-hybridized carbons (Fsp3) is 0.235. The zero-order valence-electron chi connectivity index (χ0n) is 13.0. The molecule has 2 rings (SSSR count). The van der Waals surface area contributed by atoms with Crippen molar-refractivity contribution in [2.45, 2.75) is 13.0 Å². The second kappa shape index (κ2) is 8.30. The Morgan fingerprint density at radius 3 is 2.54 bits per heavy atom. The van der Waals surface area contributed by atoms with Gasteiger partial charge in [-0.1, -0.05) is 22.0 Å². The third-order valence-electron chi connectivity index (χ3n) is 3.38. The third kappa shape index (κ3) is 5.35. The number of hydrogen-bond donors (Lipinski definition) is 1. The molecule has 1 N–H and O–H groups in total. The van der Waals surface area contributed by atoms with Crippen LogP contribution >= 0.6 is 15.9 Å². The van der Waals surface area contributed by atoms with Crippen LogP contribution in [0.3, 0.4) is 0 Å². The van der Waals surface area contributed by atoms with Gasteiger partial charge in [0, 0.05) is 35.6 Å². The number of nitrogens with zero attached hydrogens (tertiary/aromatic N) is 1. The molecule has 1 amide bonds. The van der Waals surface area contributed by atoms with Crippen LogP contribution in [0, 0.1) is 17.5 Å². The van der Waals surface area contributed by atoms with Crippen LogP contribution in [0.15, 0.2) is 40.9 Å². The average Bonchev–Trinajstić information content (AvgIpc) is 2.51. The molecule has 0 saturated carbocycles. The molecule has 0 spiro atoms. The van der Waals surface area contributed by atoms with Crippen LogP contribution in [0.2, 0.25) is 0 Å². The summed E-state index contributed by atoms with van der Waals surface area (Å²) in [5.74, 6) is -2.12. The Hall–Kier alpha value is -1.86. The number of amides is 1. The van der Waals surface area contributed by atoms with Crippen LogP contribution in [0.4, 0.5) is 18.9 Å². The number of nitrogens with one attached hydrogen (secondary N) is 1. The van der Waals surface area contributed by atoms with Gasteiger partial charge in [0.1, 0.15) is 17.5 Å². The van der Waals surface area contributed by atoms with Gasteiger partial charge in [0.2, 0.25) is 5.91 Å². The van der Waals surface area contributed by atoms with Crippen molar-refractivity contribution in [3.05, 3.63) is 63.9 Å². The van der Waals surface area contributed by atoms with E-state index in [2.05, 4.69) is 21.2 Å². The minimum atomic E-state index is -0.630. The van der Waals surface area contributed by atoms with E-state index < -0.39 is 17.5 Å². The monoisotopic (exact) mass is 400 g/mol. The summed E-state index contributed by atoms with van der Waals surface area (Å²) in [6, 6.07) is 7.75. The first-order valence-corrected chi connectivity index (χ1v) is 8.02. The van der Waals surface area contributed by atoms with Crippen molar-refractivity contribution in [1.29, 1.82) is 0 Å². The van der Waals surface area contributed by atoms with Crippen LogP contribution in [-0.2, 0) is 11.3 Å². The summed E-state index contributed by atoms with van der Waals surface area (Å²) in [6.45, 7) is 0.590. The third-order valence-corrected chi connectivity index (χ3v) is 3.87. The second-order valence-corrected chi connectivity index (χ2v) is 6.31. The molecule has 0 aliphatic heterocycles. The lowest BCUT2D eigenvalue weighted by molar-refractivity contribution is -0.116. The molecule has 24 heavy (non-hydrogen) atoms. The molecule has 0 saturated heterocycles. The molecule has 0 atom stereocenters. The van der Waals surface area contributed by atoms with E-state index in [9.17, 15) is 18.0 Å². The number of hydrogen-bond acceptors (Lipinski definition) is 2. The van der Waals surface area contributed by atoms with Crippen LogP contribution in [0.25, 0.3) is 0 Å². The summed E-state index contributed by atoms with van der Waals surface area (Å²) in [5, 5.41) is 2.49. The Labute approximate surface area is 146 Å². The van der Waals surface area contributed by atoms with Crippen molar-refractivity contribution >= 4 is 27.5 Å². The van der Waals surface area contributed by atoms with Crippen molar-refractivity contribution < 1.29 is 18.0 Å². The van der Waals surface area contributed by atoms with Gasteiger partial charge in [-0.2, -0.15) is 0 Å². The largest absolute Gasteiger partial charge is 0.324 e. The topological polar surface area (TPSA) is 32.3 Å². The lowest BCUT2D eigenvalue weighted by Gasteiger charge is -2.17. The summed E-state index contributed by atoms with van der Waals surface area (Å²) < 4.78 is 40.7. The normalized spacial score (nSPS) is 10.9. The Morgan fingerprint density at radius 1 is 1.12 bits per heavy atom. The molecule has 7 heteroatoms. The number of benzene rings is 2. The highest BCUT2D eigenvalue weighted by Gasteiger charge is 2.11. The van der Waals surface area contributed by atoms with E-state index in [0.717, 1.165) is 6.07 Å². The Morgan fingerprint density at radius 2 is 1.88 bits per heavy atom. The van der Waals surface area contributed by atoms with E-state index in [0.29, 0.717) is 16.6 Å². The fourth-order valence-electron chi connectivity index (χ4n) is 2.12. The van der Waals surface area contributed by atoms with E-state index in [1.165, 1.54) is 24.3 Å². The predicted molar refractivity (Wildman–Crippen MR) is 90.0 cm³/mol. The van der Waals surface area contributed by atoms with Crippen molar-refractivity contribution in [3.63, 3.8) is 0 Å². The van der Waals surface area contributed by atoms with Gasteiger partial charge >= 0.3 is 0 Å². The minimum Gasteiger partial charge on any atom is -0.324 e. The van der Waals surface area contributed by atoms with E-state index in [1.54, 1.807) is 18.0 Å². The number of anilines is 1. The Kier molecular flexibility index (Phi) is 6.39. The quantitative estimate of drug-likeness (QED) is 0.782. The first kappa shape index (κ1) is 18.5. The number of rotatable bonds is 6. The van der Waals surface area contributed by atoms with Crippen molar-refractivity contribution in [3.8, 4) is 0 Å². The second-order valence-electron chi connectivity index (χ2n) is 5.40. The highest BCUT2D eigenvalue weighted by atomic mass is 79.9. The number of carbonyl (C=O) groups is 1. The summed E-state index contributed by atoms with van der Waals surface area (Å²) >= 11 is 3.14. The number of carbonyl (C=O) groups excluding carboxylic acids is 1. The molecule has 0 aliphatic carbocycles. The van der Waals surface area contributed by atoms with Crippen molar-refractivity contribution in [2.75, 3.05) is 18.9 Å². The molecule has 2 aromatic carbocycles. The Bertz CT molecular complexity index is 740. The molecule has 0 heterocycles. The smallest absolute Gasteiger partial charge is 0.225 e. The molecule has 0 aliphatic rings. The zero-order valence-corrected chi connectivity index (χ0v) is 14.5. The lowest BCUT2D eigenvalue weighted by atomic mass is 10.2. The van der Waals surface area contributed by atoms with Crippen LogP contribution in [0.1, 0.15) is 12.0 Å². The van der Waals surface area contributed by atoms with Gasteiger partial charge < -0.3 is 10.2 Å². The minimum absolute atomic E-state index is 0.107. The maximum atomic E-state index is 13.6.